The van der Waals surface area contributed by atoms with Crippen LogP contribution in [0.1, 0.15) is 30.4 Å². The number of sulfone groups is 1. The predicted molar refractivity (Wildman–Crippen MR) is 96.8 cm³/mol. The van der Waals surface area contributed by atoms with Gasteiger partial charge < -0.3 is 14.4 Å². The first-order valence-electron chi connectivity index (χ1n) is 9.24. The summed E-state index contributed by atoms with van der Waals surface area (Å²) in [5.41, 5.74) is 2.35. The van der Waals surface area contributed by atoms with Gasteiger partial charge in [-0.25, -0.2) is 8.42 Å². The maximum atomic E-state index is 11.7. The lowest BCUT2D eigenvalue weighted by atomic mass is 9.78. The standard InChI is InChI=1S/C19H27NO4S/c1-23-17-4-2-3-16-5-11-24-19(18(16)17)7-9-20(10-8-19)13-15-6-12-25(21,22)14-15/h2-4,15H,5-14H2,1H3. The highest BCUT2D eigenvalue weighted by Crippen LogP contribution is 2.45. The molecule has 138 valence electrons. The summed E-state index contributed by atoms with van der Waals surface area (Å²) in [5, 5.41) is 0. The van der Waals surface area contributed by atoms with Crippen molar-refractivity contribution >= 4 is 9.84 Å². The summed E-state index contributed by atoms with van der Waals surface area (Å²) in [6, 6.07) is 6.29. The molecule has 25 heavy (non-hydrogen) atoms. The summed E-state index contributed by atoms with van der Waals surface area (Å²) in [5.74, 6) is 1.96. The van der Waals surface area contributed by atoms with Crippen molar-refractivity contribution in [1.82, 2.24) is 4.90 Å². The molecule has 3 aliphatic rings. The van der Waals surface area contributed by atoms with Gasteiger partial charge in [-0.2, -0.15) is 0 Å². The Labute approximate surface area is 150 Å². The zero-order chi connectivity index (χ0) is 17.5. The normalized spacial score (nSPS) is 28.0. The second-order valence-corrected chi connectivity index (χ2v) is 9.89. The smallest absolute Gasteiger partial charge is 0.150 e. The molecular formula is C19H27NO4S. The summed E-state index contributed by atoms with van der Waals surface area (Å²) in [7, 11) is -1.06. The fourth-order valence-corrected chi connectivity index (χ4v) is 6.62. The van der Waals surface area contributed by atoms with Gasteiger partial charge >= 0.3 is 0 Å². The summed E-state index contributed by atoms with van der Waals surface area (Å²) < 4.78 is 35.3. The largest absolute Gasteiger partial charge is 0.496 e. The number of piperidine rings is 1. The van der Waals surface area contributed by atoms with Crippen LogP contribution < -0.4 is 4.74 Å². The Hall–Kier alpha value is -1.11. The Morgan fingerprint density at radius 3 is 2.80 bits per heavy atom. The van der Waals surface area contributed by atoms with Gasteiger partial charge in [-0.1, -0.05) is 12.1 Å². The van der Waals surface area contributed by atoms with E-state index in [4.69, 9.17) is 9.47 Å². The zero-order valence-electron chi connectivity index (χ0n) is 14.9. The van der Waals surface area contributed by atoms with E-state index in [1.165, 1.54) is 11.1 Å². The third kappa shape index (κ3) is 3.32. The molecule has 6 heteroatoms. The van der Waals surface area contributed by atoms with Crippen LogP contribution in [0.3, 0.4) is 0 Å². The molecule has 0 N–H and O–H groups in total. The average Bonchev–Trinajstić information content (AvgIpc) is 2.95. The first kappa shape index (κ1) is 17.3. The lowest BCUT2D eigenvalue weighted by Gasteiger charge is -2.45. The van der Waals surface area contributed by atoms with Gasteiger partial charge in [0.2, 0.25) is 0 Å². The molecule has 1 atom stereocenters. The highest BCUT2D eigenvalue weighted by molar-refractivity contribution is 7.91. The van der Waals surface area contributed by atoms with E-state index >= 15 is 0 Å². The highest BCUT2D eigenvalue weighted by Gasteiger charge is 2.43. The predicted octanol–water partition coefficient (Wildman–Crippen LogP) is 1.99. The van der Waals surface area contributed by atoms with Crippen molar-refractivity contribution in [3.8, 4) is 5.75 Å². The average molecular weight is 365 g/mol. The molecule has 0 aliphatic carbocycles. The second kappa shape index (κ2) is 6.56. The number of nitrogens with zero attached hydrogens (tertiary/aromatic N) is 1. The number of ether oxygens (including phenoxy) is 2. The molecule has 4 rings (SSSR count). The van der Waals surface area contributed by atoms with Gasteiger partial charge in [-0.15, -0.1) is 0 Å². The topological polar surface area (TPSA) is 55.8 Å². The monoisotopic (exact) mass is 365 g/mol. The first-order chi connectivity index (χ1) is 12.0. The second-order valence-electron chi connectivity index (χ2n) is 7.66. The van der Waals surface area contributed by atoms with Gasteiger partial charge in [-0.3, -0.25) is 0 Å². The van der Waals surface area contributed by atoms with E-state index in [2.05, 4.69) is 17.0 Å². The number of likely N-dealkylation sites (tertiary alicyclic amines) is 1. The van der Waals surface area contributed by atoms with Crippen molar-refractivity contribution in [3.05, 3.63) is 29.3 Å². The lowest BCUT2D eigenvalue weighted by molar-refractivity contribution is -0.100. The molecule has 2 saturated heterocycles. The van der Waals surface area contributed by atoms with E-state index < -0.39 is 9.84 Å². The maximum absolute atomic E-state index is 11.7. The molecule has 0 amide bonds. The van der Waals surface area contributed by atoms with Crippen molar-refractivity contribution in [2.75, 3.05) is 44.9 Å². The minimum absolute atomic E-state index is 0.238. The molecule has 0 aromatic heterocycles. The summed E-state index contributed by atoms with van der Waals surface area (Å²) >= 11 is 0. The Bertz CT molecular complexity index is 724. The van der Waals surface area contributed by atoms with E-state index in [0.29, 0.717) is 17.4 Å². The van der Waals surface area contributed by atoms with Crippen molar-refractivity contribution < 1.29 is 17.9 Å². The fourth-order valence-electron chi connectivity index (χ4n) is 4.77. The van der Waals surface area contributed by atoms with Crippen LogP contribution in [0.15, 0.2) is 18.2 Å². The van der Waals surface area contributed by atoms with Crippen molar-refractivity contribution in [2.24, 2.45) is 5.92 Å². The Kier molecular flexibility index (Phi) is 4.54. The van der Waals surface area contributed by atoms with E-state index in [-0.39, 0.29) is 5.60 Å². The van der Waals surface area contributed by atoms with E-state index in [1.54, 1.807) is 7.11 Å². The van der Waals surface area contributed by atoms with Gasteiger partial charge in [0.15, 0.2) is 9.84 Å². The third-order valence-corrected chi connectivity index (χ3v) is 7.88. The van der Waals surface area contributed by atoms with Gasteiger partial charge in [0, 0.05) is 25.2 Å². The molecule has 2 fully saturated rings. The number of fused-ring (bicyclic) bond motifs is 2. The maximum Gasteiger partial charge on any atom is 0.150 e. The summed E-state index contributed by atoms with van der Waals surface area (Å²) in [6.45, 7) is 3.57. The summed E-state index contributed by atoms with van der Waals surface area (Å²) in [4.78, 5) is 2.42. The zero-order valence-corrected chi connectivity index (χ0v) is 15.7. The lowest BCUT2D eigenvalue weighted by Crippen LogP contribution is -2.47. The van der Waals surface area contributed by atoms with Crippen LogP contribution >= 0.6 is 0 Å². The minimum Gasteiger partial charge on any atom is -0.496 e. The van der Waals surface area contributed by atoms with Crippen molar-refractivity contribution in [2.45, 2.75) is 31.3 Å². The fraction of sp³-hybridized carbons (Fsp3) is 0.684. The molecule has 0 radical (unpaired) electrons. The molecule has 1 aromatic rings. The molecule has 1 unspecified atom stereocenters. The van der Waals surface area contributed by atoms with Crippen molar-refractivity contribution in [1.29, 1.82) is 0 Å². The van der Waals surface area contributed by atoms with E-state index in [0.717, 1.165) is 57.7 Å². The molecule has 0 bridgehead atoms. The van der Waals surface area contributed by atoms with Gasteiger partial charge in [0.25, 0.3) is 0 Å². The number of rotatable bonds is 3. The SMILES string of the molecule is COc1cccc2c1C1(CCN(CC3CCS(=O)(=O)C3)CC1)OCC2. The van der Waals surface area contributed by atoms with Crippen LogP contribution in [0, 0.1) is 5.92 Å². The third-order valence-electron chi connectivity index (χ3n) is 6.04. The quantitative estimate of drug-likeness (QED) is 0.820. The molecule has 3 aliphatic heterocycles. The summed E-state index contributed by atoms with van der Waals surface area (Å²) in [6.07, 6.45) is 3.65. The van der Waals surface area contributed by atoms with Crippen LogP contribution in [0.25, 0.3) is 0 Å². The van der Waals surface area contributed by atoms with Crippen LogP contribution in [-0.2, 0) is 26.6 Å². The van der Waals surface area contributed by atoms with Crippen LogP contribution in [0.4, 0.5) is 0 Å². The Morgan fingerprint density at radius 1 is 1.32 bits per heavy atom. The van der Waals surface area contributed by atoms with Crippen LogP contribution in [-0.4, -0.2) is 58.2 Å². The number of benzene rings is 1. The first-order valence-corrected chi connectivity index (χ1v) is 11.1. The molecule has 0 saturated carbocycles. The molecule has 3 heterocycles. The number of methoxy groups -OCH3 is 1. The number of hydrogen-bond acceptors (Lipinski definition) is 5. The van der Waals surface area contributed by atoms with E-state index in [1.807, 2.05) is 6.07 Å². The molecular weight excluding hydrogens is 338 g/mol. The van der Waals surface area contributed by atoms with Gasteiger partial charge in [0.05, 0.1) is 30.8 Å². The highest BCUT2D eigenvalue weighted by atomic mass is 32.2. The molecule has 1 aromatic carbocycles. The minimum atomic E-state index is -2.79. The molecule has 1 spiro atoms. The van der Waals surface area contributed by atoms with Gasteiger partial charge in [0.1, 0.15) is 5.75 Å². The van der Waals surface area contributed by atoms with Gasteiger partial charge in [-0.05, 0) is 43.2 Å². The van der Waals surface area contributed by atoms with Crippen LogP contribution in [0.5, 0.6) is 5.75 Å². The Morgan fingerprint density at radius 2 is 2.12 bits per heavy atom. The van der Waals surface area contributed by atoms with E-state index in [9.17, 15) is 8.42 Å². The van der Waals surface area contributed by atoms with Crippen molar-refractivity contribution in [3.63, 3.8) is 0 Å². The molecule has 5 nitrogen and oxygen atoms in total. The van der Waals surface area contributed by atoms with Crippen LogP contribution in [0.2, 0.25) is 0 Å². The Balaban J connectivity index is 1.47. The number of hydrogen-bond donors (Lipinski definition) is 0.